The average Bonchev–Trinajstić information content (AvgIpc) is 2.03. The first kappa shape index (κ1) is 9.48. The van der Waals surface area contributed by atoms with Gasteiger partial charge in [-0.25, -0.2) is 0 Å². The molecule has 4 nitrogen and oxygen atoms in total. The summed E-state index contributed by atoms with van der Waals surface area (Å²) in [6.07, 6.45) is 3.17. The quantitative estimate of drug-likeness (QED) is 0.560. The van der Waals surface area contributed by atoms with Gasteiger partial charge >= 0.3 is 5.97 Å². The van der Waals surface area contributed by atoms with Crippen LogP contribution in [0, 0.1) is 0 Å². The second-order valence-electron chi connectivity index (χ2n) is 3.28. The molecule has 0 aromatic heterocycles. The zero-order valence-corrected chi connectivity index (χ0v) is 6.99. The van der Waals surface area contributed by atoms with Crippen LogP contribution in [0.3, 0.4) is 0 Å². The summed E-state index contributed by atoms with van der Waals surface area (Å²) in [5.41, 5.74) is 0. The number of hydrogen-bond acceptors (Lipinski definition) is 3. The maximum atomic E-state index is 10.2. The molecule has 1 aliphatic rings. The minimum Gasteiger partial charge on any atom is -0.480 e. The first-order valence-electron chi connectivity index (χ1n) is 4.31. The van der Waals surface area contributed by atoms with E-state index in [1.54, 1.807) is 0 Å². The molecule has 0 heterocycles. The second-order valence-corrected chi connectivity index (χ2v) is 3.28. The Balaban J connectivity index is 2.13. The lowest BCUT2D eigenvalue weighted by molar-refractivity contribution is -0.136. The van der Waals surface area contributed by atoms with Gasteiger partial charge in [-0.1, -0.05) is 0 Å². The van der Waals surface area contributed by atoms with Gasteiger partial charge in [0, 0.05) is 6.04 Å². The van der Waals surface area contributed by atoms with Gasteiger partial charge in [0.2, 0.25) is 0 Å². The van der Waals surface area contributed by atoms with Crippen molar-refractivity contribution in [1.29, 1.82) is 0 Å². The van der Waals surface area contributed by atoms with Gasteiger partial charge in [-0.3, -0.25) is 4.79 Å². The third kappa shape index (κ3) is 3.19. The first-order chi connectivity index (χ1) is 5.68. The standard InChI is InChI=1S/C8H15NO3/c10-7-3-1-6(2-4-7)9-5-8(11)12/h6-7,9-10H,1-5H2,(H,11,12)/t6-,7-. The molecule has 4 heteroatoms. The van der Waals surface area contributed by atoms with E-state index in [1.807, 2.05) is 0 Å². The van der Waals surface area contributed by atoms with Gasteiger partial charge in [0.15, 0.2) is 0 Å². The molecular weight excluding hydrogens is 158 g/mol. The van der Waals surface area contributed by atoms with Crippen molar-refractivity contribution in [2.45, 2.75) is 37.8 Å². The molecule has 1 fully saturated rings. The monoisotopic (exact) mass is 173 g/mol. The summed E-state index contributed by atoms with van der Waals surface area (Å²) in [4.78, 5) is 10.2. The van der Waals surface area contributed by atoms with Crippen molar-refractivity contribution in [1.82, 2.24) is 5.32 Å². The predicted octanol–water partition coefficient (Wildman–Crippen LogP) is -0.0359. The first-order valence-corrected chi connectivity index (χ1v) is 4.31. The fraction of sp³-hybridized carbons (Fsp3) is 0.875. The van der Waals surface area contributed by atoms with E-state index >= 15 is 0 Å². The van der Waals surface area contributed by atoms with E-state index < -0.39 is 5.97 Å². The van der Waals surface area contributed by atoms with Crippen molar-refractivity contribution < 1.29 is 15.0 Å². The number of aliphatic carboxylic acids is 1. The van der Waals surface area contributed by atoms with Crippen LogP contribution >= 0.6 is 0 Å². The summed E-state index contributed by atoms with van der Waals surface area (Å²) in [5, 5.41) is 20.5. The molecule has 0 atom stereocenters. The average molecular weight is 173 g/mol. The number of aliphatic hydroxyl groups is 1. The van der Waals surface area contributed by atoms with Gasteiger partial charge in [-0.2, -0.15) is 0 Å². The minimum atomic E-state index is -0.818. The molecule has 0 aromatic carbocycles. The van der Waals surface area contributed by atoms with Crippen molar-refractivity contribution >= 4 is 5.97 Å². The van der Waals surface area contributed by atoms with Gasteiger partial charge in [0.25, 0.3) is 0 Å². The predicted molar refractivity (Wildman–Crippen MR) is 43.9 cm³/mol. The van der Waals surface area contributed by atoms with Crippen LogP contribution in [0.4, 0.5) is 0 Å². The molecule has 1 aliphatic carbocycles. The third-order valence-corrected chi connectivity index (χ3v) is 2.24. The number of aliphatic hydroxyl groups excluding tert-OH is 1. The Morgan fingerprint density at radius 2 is 1.92 bits per heavy atom. The summed E-state index contributed by atoms with van der Waals surface area (Å²) in [5.74, 6) is -0.818. The second kappa shape index (κ2) is 4.42. The fourth-order valence-corrected chi connectivity index (χ4v) is 1.51. The van der Waals surface area contributed by atoms with Gasteiger partial charge in [0.1, 0.15) is 0 Å². The third-order valence-electron chi connectivity index (χ3n) is 2.24. The SMILES string of the molecule is O=C(O)CN[C@H]1CC[C@H](O)CC1. The molecular formula is C8H15NO3. The molecule has 1 rings (SSSR count). The normalized spacial score (nSPS) is 30.1. The van der Waals surface area contributed by atoms with E-state index in [1.165, 1.54) is 0 Å². The van der Waals surface area contributed by atoms with Crippen LogP contribution in [0.15, 0.2) is 0 Å². The number of carboxylic acid groups (broad SMARTS) is 1. The topological polar surface area (TPSA) is 69.6 Å². The van der Waals surface area contributed by atoms with E-state index in [0.717, 1.165) is 25.7 Å². The largest absolute Gasteiger partial charge is 0.480 e. The van der Waals surface area contributed by atoms with Crippen LogP contribution in [-0.4, -0.2) is 34.9 Å². The molecule has 0 saturated heterocycles. The fourth-order valence-electron chi connectivity index (χ4n) is 1.51. The molecule has 3 N–H and O–H groups in total. The van der Waals surface area contributed by atoms with E-state index in [9.17, 15) is 4.79 Å². The van der Waals surface area contributed by atoms with Gasteiger partial charge in [0.05, 0.1) is 12.6 Å². The summed E-state index contributed by atoms with van der Waals surface area (Å²) >= 11 is 0. The van der Waals surface area contributed by atoms with Crippen LogP contribution in [0.2, 0.25) is 0 Å². The van der Waals surface area contributed by atoms with E-state index in [0.29, 0.717) is 0 Å². The van der Waals surface area contributed by atoms with E-state index in [4.69, 9.17) is 10.2 Å². The molecule has 70 valence electrons. The molecule has 0 bridgehead atoms. The van der Waals surface area contributed by atoms with Gasteiger partial charge < -0.3 is 15.5 Å². The Morgan fingerprint density at radius 3 is 2.42 bits per heavy atom. The molecule has 0 radical (unpaired) electrons. The molecule has 0 spiro atoms. The molecule has 12 heavy (non-hydrogen) atoms. The Hall–Kier alpha value is -0.610. The van der Waals surface area contributed by atoms with Crippen LogP contribution in [-0.2, 0) is 4.79 Å². The number of hydrogen-bond donors (Lipinski definition) is 3. The summed E-state index contributed by atoms with van der Waals surface area (Å²) in [6, 6.07) is 0.282. The van der Waals surface area contributed by atoms with E-state index in [2.05, 4.69) is 5.32 Å². The van der Waals surface area contributed by atoms with Crippen LogP contribution in [0.5, 0.6) is 0 Å². The lowest BCUT2D eigenvalue weighted by Crippen LogP contribution is -2.37. The van der Waals surface area contributed by atoms with E-state index in [-0.39, 0.29) is 18.7 Å². The van der Waals surface area contributed by atoms with Gasteiger partial charge in [-0.05, 0) is 25.7 Å². The molecule has 0 amide bonds. The van der Waals surface area contributed by atoms with Crippen molar-refractivity contribution in [3.8, 4) is 0 Å². The van der Waals surface area contributed by atoms with Crippen LogP contribution < -0.4 is 5.32 Å². The number of carboxylic acids is 1. The number of nitrogens with one attached hydrogen (secondary N) is 1. The Morgan fingerprint density at radius 1 is 1.33 bits per heavy atom. The smallest absolute Gasteiger partial charge is 0.317 e. The number of carbonyl (C=O) groups is 1. The number of rotatable bonds is 3. The maximum Gasteiger partial charge on any atom is 0.317 e. The zero-order valence-electron chi connectivity index (χ0n) is 6.99. The highest BCUT2D eigenvalue weighted by Gasteiger charge is 2.18. The lowest BCUT2D eigenvalue weighted by atomic mass is 9.93. The van der Waals surface area contributed by atoms with Crippen LogP contribution in [0.25, 0.3) is 0 Å². The minimum absolute atomic E-state index is 0.0285. The highest BCUT2D eigenvalue weighted by Crippen LogP contribution is 2.17. The zero-order chi connectivity index (χ0) is 8.97. The van der Waals surface area contributed by atoms with Crippen LogP contribution in [0.1, 0.15) is 25.7 Å². The Kier molecular flexibility index (Phi) is 3.49. The summed E-state index contributed by atoms with van der Waals surface area (Å²) < 4.78 is 0. The summed E-state index contributed by atoms with van der Waals surface area (Å²) in [6.45, 7) is 0.0285. The van der Waals surface area contributed by atoms with Crippen molar-refractivity contribution in [2.75, 3.05) is 6.54 Å². The maximum absolute atomic E-state index is 10.2. The highest BCUT2D eigenvalue weighted by molar-refractivity contribution is 5.69. The van der Waals surface area contributed by atoms with Crippen molar-refractivity contribution in [3.05, 3.63) is 0 Å². The molecule has 0 unspecified atom stereocenters. The van der Waals surface area contributed by atoms with Crippen molar-refractivity contribution in [3.63, 3.8) is 0 Å². The lowest BCUT2D eigenvalue weighted by Gasteiger charge is -2.25. The Bertz CT molecular complexity index is 152. The van der Waals surface area contributed by atoms with Gasteiger partial charge in [-0.15, -0.1) is 0 Å². The molecule has 0 aliphatic heterocycles. The molecule has 0 aromatic rings. The van der Waals surface area contributed by atoms with Crippen molar-refractivity contribution in [2.24, 2.45) is 0 Å². The Labute approximate surface area is 71.6 Å². The molecule has 1 saturated carbocycles. The summed E-state index contributed by atoms with van der Waals surface area (Å²) in [7, 11) is 0. The highest BCUT2D eigenvalue weighted by atomic mass is 16.4.